The van der Waals surface area contributed by atoms with Crippen LogP contribution in [0.3, 0.4) is 0 Å². The van der Waals surface area contributed by atoms with E-state index in [0.717, 1.165) is 11.3 Å². The number of anilines is 1. The minimum Gasteiger partial charge on any atom is -0.378 e. The highest BCUT2D eigenvalue weighted by atomic mass is 16.2. The highest BCUT2D eigenvalue weighted by Crippen LogP contribution is 2.13. The van der Waals surface area contributed by atoms with Crippen molar-refractivity contribution in [3.05, 3.63) is 48.1 Å². The third kappa shape index (κ3) is 3.40. The van der Waals surface area contributed by atoms with Crippen LogP contribution in [-0.4, -0.2) is 31.7 Å². The van der Waals surface area contributed by atoms with Crippen LogP contribution in [0.15, 0.2) is 41.2 Å². The molecule has 0 atom stereocenters. The molecule has 1 aliphatic heterocycles. The van der Waals surface area contributed by atoms with Crippen LogP contribution in [0, 0.1) is 6.54 Å². The highest BCUT2D eigenvalue weighted by molar-refractivity contribution is 5.93. The zero-order chi connectivity index (χ0) is 13.8. The van der Waals surface area contributed by atoms with Gasteiger partial charge < -0.3 is 10.2 Å². The summed E-state index contributed by atoms with van der Waals surface area (Å²) in [6.45, 7) is 2.25. The number of nitrogens with one attached hydrogen (secondary N) is 1. The fourth-order valence-electron chi connectivity index (χ4n) is 1.75. The minimum atomic E-state index is -0.157. The maximum absolute atomic E-state index is 11.9. The number of hydrogen-bond donors (Lipinski definition) is 1. The molecule has 0 saturated carbocycles. The van der Waals surface area contributed by atoms with Crippen LogP contribution in [0.5, 0.6) is 0 Å². The SMILES string of the molecule is CN(C)c1cccc(CNC(=O)C2=C[CH][N+](C)=N2)c1. The molecule has 0 aliphatic carbocycles. The normalized spacial score (nSPS) is 13.8. The van der Waals surface area contributed by atoms with Gasteiger partial charge in [-0.3, -0.25) is 4.79 Å². The first-order chi connectivity index (χ1) is 9.06. The van der Waals surface area contributed by atoms with Crippen LogP contribution in [0.25, 0.3) is 0 Å². The number of azo groups is 2. The monoisotopic (exact) mass is 258 g/mol. The lowest BCUT2D eigenvalue weighted by Gasteiger charge is -2.13. The molecule has 5 nitrogen and oxygen atoms in total. The van der Waals surface area contributed by atoms with E-state index in [9.17, 15) is 4.79 Å². The van der Waals surface area contributed by atoms with E-state index in [2.05, 4.69) is 16.5 Å². The molecule has 0 unspecified atom stereocenters. The van der Waals surface area contributed by atoms with Gasteiger partial charge in [0.2, 0.25) is 0 Å². The number of amides is 1. The third-order valence-corrected chi connectivity index (χ3v) is 2.83. The van der Waals surface area contributed by atoms with Crippen LogP contribution >= 0.6 is 0 Å². The van der Waals surface area contributed by atoms with Crippen LogP contribution in [0.1, 0.15) is 5.56 Å². The Labute approximate surface area is 113 Å². The molecule has 5 heteroatoms. The van der Waals surface area contributed by atoms with E-state index in [1.54, 1.807) is 24.4 Å². The third-order valence-electron chi connectivity index (χ3n) is 2.83. The van der Waals surface area contributed by atoms with Crippen molar-refractivity contribution >= 4 is 11.6 Å². The van der Waals surface area contributed by atoms with E-state index in [-0.39, 0.29) is 5.91 Å². The van der Waals surface area contributed by atoms with E-state index >= 15 is 0 Å². The van der Waals surface area contributed by atoms with Crippen molar-refractivity contribution in [3.8, 4) is 0 Å². The van der Waals surface area contributed by atoms with E-state index < -0.39 is 0 Å². The van der Waals surface area contributed by atoms with Crippen molar-refractivity contribution in [2.24, 2.45) is 5.11 Å². The summed E-state index contributed by atoms with van der Waals surface area (Å²) in [5.41, 5.74) is 2.62. The fraction of sp³-hybridized carbons (Fsp3) is 0.286. The van der Waals surface area contributed by atoms with Gasteiger partial charge in [0.1, 0.15) is 0 Å². The lowest BCUT2D eigenvalue weighted by Crippen LogP contribution is -2.23. The molecule has 0 aromatic heterocycles. The van der Waals surface area contributed by atoms with Crippen molar-refractivity contribution in [2.45, 2.75) is 6.54 Å². The smallest absolute Gasteiger partial charge is 0.276 e. The average Bonchev–Trinajstić information content (AvgIpc) is 2.83. The van der Waals surface area contributed by atoms with E-state index in [1.807, 2.05) is 37.2 Å². The molecule has 99 valence electrons. The number of hydrogen-bond acceptors (Lipinski definition) is 3. The van der Waals surface area contributed by atoms with Crippen molar-refractivity contribution in [3.63, 3.8) is 0 Å². The summed E-state index contributed by atoms with van der Waals surface area (Å²) in [6.07, 6.45) is 1.70. The molecule has 1 aromatic carbocycles. The molecular weight excluding hydrogens is 240 g/mol. The molecule has 0 fully saturated rings. The molecule has 19 heavy (non-hydrogen) atoms. The number of rotatable bonds is 4. The van der Waals surface area contributed by atoms with Crippen LogP contribution in [-0.2, 0) is 11.3 Å². The Morgan fingerprint density at radius 1 is 1.42 bits per heavy atom. The zero-order valence-corrected chi connectivity index (χ0v) is 11.4. The van der Waals surface area contributed by atoms with Gasteiger partial charge in [-0.2, -0.15) is 0 Å². The summed E-state index contributed by atoms with van der Waals surface area (Å²) < 4.78 is 1.61. The summed E-state index contributed by atoms with van der Waals surface area (Å²) in [4.78, 5) is 13.9. The van der Waals surface area contributed by atoms with E-state index in [4.69, 9.17) is 0 Å². The van der Waals surface area contributed by atoms with E-state index in [0.29, 0.717) is 12.2 Å². The maximum Gasteiger partial charge on any atom is 0.276 e. The number of nitrogens with zero attached hydrogens (tertiary/aromatic N) is 3. The largest absolute Gasteiger partial charge is 0.378 e. The van der Waals surface area contributed by atoms with Crippen LogP contribution < -0.4 is 10.2 Å². The van der Waals surface area contributed by atoms with Gasteiger partial charge in [-0.25, -0.2) is 0 Å². The first kappa shape index (κ1) is 13.3. The Hall–Kier alpha value is -2.17. The highest BCUT2D eigenvalue weighted by Gasteiger charge is 2.19. The maximum atomic E-state index is 11.9. The predicted molar refractivity (Wildman–Crippen MR) is 73.6 cm³/mol. The van der Waals surface area contributed by atoms with Gasteiger partial charge >= 0.3 is 0 Å². The predicted octanol–water partition coefficient (Wildman–Crippen LogP) is 1.52. The van der Waals surface area contributed by atoms with Gasteiger partial charge in [-0.05, 0) is 17.7 Å². The number of likely N-dealkylation sites (N-methyl/N-ethyl adjacent to an activating group) is 1. The van der Waals surface area contributed by atoms with Gasteiger partial charge in [0, 0.05) is 37.5 Å². The first-order valence-electron chi connectivity index (χ1n) is 6.10. The van der Waals surface area contributed by atoms with Crippen molar-refractivity contribution in [1.82, 2.24) is 5.32 Å². The standard InChI is InChI=1S/C14H18N4O/c1-17(2)12-6-4-5-11(9-12)10-15-14(19)13-7-8-18(3)16-13/h4-9H,10H2,1-3H3,(H,15,19)/q+1. The number of carbonyl (C=O) groups excluding carboxylic acids is 1. The molecule has 2 rings (SSSR count). The molecule has 1 radical (unpaired) electrons. The molecule has 1 amide bonds. The molecule has 0 bridgehead atoms. The lowest BCUT2D eigenvalue weighted by atomic mass is 10.2. The Kier molecular flexibility index (Phi) is 3.94. The van der Waals surface area contributed by atoms with Crippen LogP contribution in [0.4, 0.5) is 5.69 Å². The molecule has 0 spiro atoms. The lowest BCUT2D eigenvalue weighted by molar-refractivity contribution is -0.512. The fourth-order valence-corrected chi connectivity index (χ4v) is 1.75. The summed E-state index contributed by atoms with van der Waals surface area (Å²) in [6, 6.07) is 8.06. The topological polar surface area (TPSA) is 47.7 Å². The molecule has 1 heterocycles. The van der Waals surface area contributed by atoms with Gasteiger partial charge in [-0.15, -0.1) is 4.70 Å². The van der Waals surface area contributed by atoms with Crippen molar-refractivity contribution in [1.29, 1.82) is 0 Å². The quantitative estimate of drug-likeness (QED) is 0.832. The summed E-state index contributed by atoms with van der Waals surface area (Å²) >= 11 is 0. The molecule has 0 saturated heterocycles. The molecule has 1 aliphatic rings. The van der Waals surface area contributed by atoms with Gasteiger partial charge in [0.05, 0.1) is 0 Å². The Balaban J connectivity index is 1.96. The molecular formula is C14H18N4O+. The van der Waals surface area contributed by atoms with Gasteiger partial charge in [-0.1, -0.05) is 12.1 Å². The second-order valence-electron chi connectivity index (χ2n) is 4.62. The minimum absolute atomic E-state index is 0.157. The van der Waals surface area contributed by atoms with Crippen LogP contribution in [0.2, 0.25) is 0 Å². The number of carbonyl (C=O) groups is 1. The summed E-state index contributed by atoms with van der Waals surface area (Å²) in [5.74, 6) is -0.157. The Morgan fingerprint density at radius 3 is 2.84 bits per heavy atom. The second kappa shape index (κ2) is 5.65. The number of benzene rings is 1. The second-order valence-corrected chi connectivity index (χ2v) is 4.62. The van der Waals surface area contributed by atoms with Gasteiger partial charge in [0.25, 0.3) is 12.5 Å². The first-order valence-corrected chi connectivity index (χ1v) is 6.10. The van der Waals surface area contributed by atoms with Crippen molar-refractivity contribution < 1.29 is 9.49 Å². The molecule has 1 N–H and O–H groups in total. The zero-order valence-electron chi connectivity index (χ0n) is 11.4. The average molecular weight is 258 g/mol. The Morgan fingerprint density at radius 2 is 2.21 bits per heavy atom. The van der Waals surface area contributed by atoms with Gasteiger partial charge in [0.15, 0.2) is 12.7 Å². The molecule has 1 aromatic rings. The van der Waals surface area contributed by atoms with E-state index in [1.165, 1.54) is 0 Å². The summed E-state index contributed by atoms with van der Waals surface area (Å²) in [5, 5.41) is 6.93. The summed E-state index contributed by atoms with van der Waals surface area (Å²) in [7, 11) is 5.77. The van der Waals surface area contributed by atoms with Crippen molar-refractivity contribution in [2.75, 3.05) is 26.0 Å². The Bertz CT molecular complexity index is 546.